The first-order valence-corrected chi connectivity index (χ1v) is 6.28. The molecule has 0 amide bonds. The molecule has 0 saturated heterocycles. The van der Waals surface area contributed by atoms with E-state index >= 15 is 0 Å². The Morgan fingerprint density at radius 3 is 2.40 bits per heavy atom. The third-order valence-corrected chi connectivity index (χ3v) is 3.32. The van der Waals surface area contributed by atoms with Crippen molar-refractivity contribution in [2.24, 2.45) is 0 Å². The minimum atomic E-state index is -1.10. The summed E-state index contributed by atoms with van der Waals surface area (Å²) in [4.78, 5) is 11.3. The van der Waals surface area contributed by atoms with E-state index in [1.54, 1.807) is 6.07 Å². The zero-order valence-electron chi connectivity index (χ0n) is 10.3. The number of carboxylic acids is 1. The average Bonchev–Trinajstić information content (AvgIpc) is 2.41. The van der Waals surface area contributed by atoms with Gasteiger partial charge in [-0.15, -0.1) is 0 Å². The van der Waals surface area contributed by atoms with E-state index in [1.165, 1.54) is 36.4 Å². The van der Waals surface area contributed by atoms with Gasteiger partial charge in [0, 0.05) is 0 Å². The quantitative estimate of drug-likeness (QED) is 0.925. The van der Waals surface area contributed by atoms with E-state index in [0.717, 1.165) is 0 Å². The number of carboxylic acid groups (broad SMARTS) is 1. The van der Waals surface area contributed by atoms with Crippen molar-refractivity contribution in [1.29, 1.82) is 0 Å². The van der Waals surface area contributed by atoms with Crippen LogP contribution in [0.2, 0.25) is 5.02 Å². The first-order chi connectivity index (χ1) is 9.49. The van der Waals surface area contributed by atoms with Crippen LogP contribution in [-0.2, 0) is 11.2 Å². The predicted molar refractivity (Wildman–Crippen MR) is 71.9 cm³/mol. The second-order valence-corrected chi connectivity index (χ2v) is 4.77. The highest BCUT2D eigenvalue weighted by atomic mass is 35.5. The average molecular weight is 297 g/mol. The van der Waals surface area contributed by atoms with Crippen molar-refractivity contribution in [2.45, 2.75) is 12.3 Å². The van der Waals surface area contributed by atoms with Crippen LogP contribution >= 0.6 is 11.6 Å². The Labute approximate surface area is 119 Å². The summed E-state index contributed by atoms with van der Waals surface area (Å²) in [6.45, 7) is 0. The highest BCUT2D eigenvalue weighted by molar-refractivity contribution is 6.30. The third kappa shape index (κ3) is 3.14. The van der Waals surface area contributed by atoms with Crippen LogP contribution in [0.25, 0.3) is 0 Å². The zero-order valence-corrected chi connectivity index (χ0v) is 11.1. The first kappa shape index (κ1) is 14.5. The van der Waals surface area contributed by atoms with E-state index in [4.69, 9.17) is 11.6 Å². The van der Waals surface area contributed by atoms with Crippen LogP contribution in [-0.4, -0.2) is 11.1 Å². The lowest BCUT2D eigenvalue weighted by Gasteiger charge is -2.13. The largest absolute Gasteiger partial charge is 0.481 e. The second-order valence-electron chi connectivity index (χ2n) is 4.36. The standard InChI is InChI=1S/C15H11ClF2O2/c16-13-3-1-2-10(14(13)18)8-12(15(19)20)9-4-6-11(17)7-5-9/h1-7,12H,8H2,(H,19,20). The number of benzene rings is 2. The van der Waals surface area contributed by atoms with Gasteiger partial charge in [-0.2, -0.15) is 0 Å². The lowest BCUT2D eigenvalue weighted by atomic mass is 9.92. The summed E-state index contributed by atoms with van der Waals surface area (Å²) in [5.41, 5.74) is 0.632. The Bertz CT molecular complexity index is 626. The molecule has 0 bridgehead atoms. The molecule has 0 aliphatic heterocycles. The van der Waals surface area contributed by atoms with Crippen LogP contribution in [0.4, 0.5) is 8.78 Å². The second kappa shape index (κ2) is 6.01. The van der Waals surface area contributed by atoms with Crippen molar-refractivity contribution in [3.8, 4) is 0 Å². The maximum Gasteiger partial charge on any atom is 0.311 e. The highest BCUT2D eigenvalue weighted by Gasteiger charge is 2.22. The van der Waals surface area contributed by atoms with E-state index < -0.39 is 23.5 Å². The van der Waals surface area contributed by atoms with Gasteiger partial charge in [-0.3, -0.25) is 4.79 Å². The fourth-order valence-electron chi connectivity index (χ4n) is 1.97. The number of hydrogen-bond donors (Lipinski definition) is 1. The van der Waals surface area contributed by atoms with Crippen LogP contribution in [0.15, 0.2) is 42.5 Å². The molecule has 2 rings (SSSR count). The van der Waals surface area contributed by atoms with Crippen molar-refractivity contribution in [3.63, 3.8) is 0 Å². The molecule has 2 aromatic carbocycles. The molecular formula is C15H11ClF2O2. The Morgan fingerprint density at radius 2 is 1.80 bits per heavy atom. The summed E-state index contributed by atoms with van der Waals surface area (Å²) in [5.74, 6) is -3.13. The van der Waals surface area contributed by atoms with E-state index in [0.29, 0.717) is 5.56 Å². The van der Waals surface area contributed by atoms with Gasteiger partial charge in [-0.25, -0.2) is 8.78 Å². The van der Waals surface area contributed by atoms with Crippen LogP contribution < -0.4 is 0 Å². The topological polar surface area (TPSA) is 37.3 Å². The van der Waals surface area contributed by atoms with Crippen LogP contribution in [0, 0.1) is 11.6 Å². The normalized spacial score (nSPS) is 12.2. The van der Waals surface area contributed by atoms with E-state index in [2.05, 4.69) is 0 Å². The van der Waals surface area contributed by atoms with Crippen LogP contribution in [0.5, 0.6) is 0 Å². The third-order valence-electron chi connectivity index (χ3n) is 3.03. The van der Waals surface area contributed by atoms with E-state index in [-0.39, 0.29) is 17.0 Å². The number of carbonyl (C=O) groups is 1. The van der Waals surface area contributed by atoms with Gasteiger partial charge in [0.25, 0.3) is 0 Å². The van der Waals surface area contributed by atoms with E-state index in [9.17, 15) is 18.7 Å². The molecule has 1 atom stereocenters. The van der Waals surface area contributed by atoms with Crippen molar-refractivity contribution in [3.05, 3.63) is 70.2 Å². The number of aliphatic carboxylic acids is 1. The van der Waals surface area contributed by atoms with E-state index in [1.807, 2.05) is 0 Å². The maximum atomic E-state index is 13.8. The summed E-state index contributed by atoms with van der Waals surface area (Å²) in [6.07, 6.45) is -0.0483. The summed E-state index contributed by atoms with van der Waals surface area (Å²) in [6, 6.07) is 9.57. The smallest absolute Gasteiger partial charge is 0.311 e. The Kier molecular flexibility index (Phi) is 4.35. The molecule has 0 aliphatic rings. The molecule has 1 unspecified atom stereocenters. The molecule has 104 valence electrons. The highest BCUT2D eigenvalue weighted by Crippen LogP contribution is 2.26. The van der Waals surface area contributed by atoms with Gasteiger partial charge in [0.15, 0.2) is 0 Å². The van der Waals surface area contributed by atoms with Crippen molar-refractivity contribution in [1.82, 2.24) is 0 Å². The summed E-state index contributed by atoms with van der Waals surface area (Å²) in [7, 11) is 0. The van der Waals surface area contributed by atoms with Gasteiger partial charge >= 0.3 is 5.97 Å². The fourth-order valence-corrected chi connectivity index (χ4v) is 2.16. The molecular weight excluding hydrogens is 286 g/mol. The van der Waals surface area contributed by atoms with Gasteiger partial charge in [0.05, 0.1) is 10.9 Å². The minimum absolute atomic E-state index is 0.0483. The molecule has 0 heterocycles. The lowest BCUT2D eigenvalue weighted by molar-refractivity contribution is -0.138. The van der Waals surface area contributed by atoms with Gasteiger partial charge in [0.1, 0.15) is 11.6 Å². The molecule has 0 aromatic heterocycles. The molecule has 5 heteroatoms. The summed E-state index contributed by atoms with van der Waals surface area (Å²) in [5, 5.41) is 9.22. The molecule has 1 N–H and O–H groups in total. The zero-order chi connectivity index (χ0) is 14.7. The molecule has 2 aromatic rings. The molecule has 0 aliphatic carbocycles. The summed E-state index contributed by atoms with van der Waals surface area (Å²) < 4.78 is 26.7. The SMILES string of the molecule is O=C(O)C(Cc1cccc(Cl)c1F)c1ccc(F)cc1. The molecule has 0 radical (unpaired) electrons. The van der Waals surface area contributed by atoms with Gasteiger partial charge in [-0.05, 0) is 35.7 Å². The number of halogens is 3. The van der Waals surface area contributed by atoms with Crippen molar-refractivity contribution in [2.75, 3.05) is 0 Å². The number of rotatable bonds is 4. The fraction of sp³-hybridized carbons (Fsp3) is 0.133. The van der Waals surface area contributed by atoms with Gasteiger partial charge < -0.3 is 5.11 Å². The molecule has 2 nitrogen and oxygen atoms in total. The predicted octanol–water partition coefficient (Wildman–Crippen LogP) is 4.03. The molecule has 0 saturated carbocycles. The monoisotopic (exact) mass is 296 g/mol. The molecule has 0 spiro atoms. The van der Waals surface area contributed by atoms with Gasteiger partial charge in [-0.1, -0.05) is 35.9 Å². The van der Waals surface area contributed by atoms with Crippen LogP contribution in [0.3, 0.4) is 0 Å². The minimum Gasteiger partial charge on any atom is -0.481 e. The van der Waals surface area contributed by atoms with Crippen LogP contribution in [0.1, 0.15) is 17.0 Å². The Balaban J connectivity index is 2.33. The maximum absolute atomic E-state index is 13.8. The van der Waals surface area contributed by atoms with Crippen molar-refractivity contribution >= 4 is 17.6 Å². The first-order valence-electron chi connectivity index (χ1n) is 5.90. The molecule has 0 fully saturated rings. The van der Waals surface area contributed by atoms with Gasteiger partial charge in [0.2, 0.25) is 0 Å². The lowest BCUT2D eigenvalue weighted by Crippen LogP contribution is -2.15. The summed E-state index contributed by atoms with van der Waals surface area (Å²) >= 11 is 5.67. The Morgan fingerprint density at radius 1 is 1.15 bits per heavy atom. The molecule has 20 heavy (non-hydrogen) atoms. The number of hydrogen-bond acceptors (Lipinski definition) is 1. The Hall–Kier alpha value is -1.94. The van der Waals surface area contributed by atoms with Crippen molar-refractivity contribution < 1.29 is 18.7 Å².